The fraction of sp³-hybridized carbons (Fsp3) is 0.467. The smallest absolute Gasteiger partial charge is 0.138 e. The van der Waals surface area contributed by atoms with Crippen molar-refractivity contribution in [2.45, 2.75) is 44.6 Å². The minimum Gasteiger partial charge on any atom is -0.550 e. The van der Waals surface area contributed by atoms with E-state index in [1.807, 2.05) is 0 Å². The number of carboxylic acids is 2. The summed E-state index contributed by atoms with van der Waals surface area (Å²) in [5.74, 6) is -2.22. The summed E-state index contributed by atoms with van der Waals surface area (Å²) >= 11 is 1.61. The van der Waals surface area contributed by atoms with Gasteiger partial charge in [-0.1, -0.05) is 0 Å². The Morgan fingerprint density at radius 2 is 2.04 bits per heavy atom. The maximum Gasteiger partial charge on any atom is 0.138 e. The summed E-state index contributed by atoms with van der Waals surface area (Å²) in [6.07, 6.45) is 5.06. The van der Waals surface area contributed by atoms with Gasteiger partial charge >= 0.3 is 0 Å². The Hall–Kier alpha value is -2.22. The van der Waals surface area contributed by atoms with E-state index in [1.165, 1.54) is 16.8 Å². The average Bonchev–Trinajstić information content (AvgIpc) is 2.90. The minimum atomic E-state index is -1.36. The number of fused-ring (bicyclic) bond motifs is 3. The molecule has 122 valence electrons. The van der Waals surface area contributed by atoms with Crippen molar-refractivity contribution < 1.29 is 19.8 Å². The number of carbonyl (C=O) groups excluding carboxylic acids is 2. The number of carbonyl (C=O) groups is 2. The molecule has 1 aliphatic carbocycles. The van der Waals surface area contributed by atoms with Gasteiger partial charge in [-0.15, -0.1) is 11.3 Å². The van der Waals surface area contributed by atoms with Crippen molar-refractivity contribution in [2.75, 3.05) is 5.32 Å². The standard InChI is InChI=1S/C15H17N3O4S/c19-11(20)6-5-9(15(21)22)18-13-12-8-3-1-2-4-10(8)23-14(12)17-7-16-13/h7,9H,1-6H2,(H,19,20)(H,21,22)(H,16,17,18)/p-2/t9-/m0/s1. The molecule has 2 aromatic rings. The van der Waals surface area contributed by atoms with Crippen LogP contribution in [0.4, 0.5) is 5.82 Å². The highest BCUT2D eigenvalue weighted by Gasteiger charge is 2.21. The molecule has 0 unspecified atom stereocenters. The Morgan fingerprint density at radius 1 is 1.26 bits per heavy atom. The number of nitrogens with one attached hydrogen (secondary N) is 1. The summed E-state index contributed by atoms with van der Waals surface area (Å²) in [5.41, 5.74) is 1.18. The molecule has 0 saturated carbocycles. The summed E-state index contributed by atoms with van der Waals surface area (Å²) < 4.78 is 0. The number of aliphatic carboxylic acids is 2. The monoisotopic (exact) mass is 333 g/mol. The molecule has 0 aromatic carbocycles. The van der Waals surface area contributed by atoms with E-state index in [2.05, 4.69) is 15.3 Å². The molecular formula is C15H15N3O4S-2. The molecule has 0 amide bonds. The van der Waals surface area contributed by atoms with Gasteiger partial charge in [-0.2, -0.15) is 0 Å². The van der Waals surface area contributed by atoms with Crippen molar-refractivity contribution in [3.63, 3.8) is 0 Å². The maximum atomic E-state index is 11.3. The molecule has 0 fully saturated rings. The number of hydrogen-bond donors (Lipinski definition) is 1. The second-order valence-corrected chi connectivity index (χ2v) is 6.62. The molecule has 0 aliphatic heterocycles. The third-order valence-corrected chi connectivity index (χ3v) is 5.18. The summed E-state index contributed by atoms with van der Waals surface area (Å²) in [7, 11) is 0. The highest BCUT2D eigenvalue weighted by Crippen LogP contribution is 2.38. The van der Waals surface area contributed by atoms with Gasteiger partial charge in [-0.3, -0.25) is 0 Å². The first kappa shape index (κ1) is 15.7. The second-order valence-electron chi connectivity index (χ2n) is 5.54. The van der Waals surface area contributed by atoms with Crippen LogP contribution in [0.25, 0.3) is 10.2 Å². The predicted molar refractivity (Wildman–Crippen MR) is 80.7 cm³/mol. The second kappa shape index (κ2) is 6.49. The SMILES string of the molecule is O=C([O-])CC[C@H](Nc1ncnc2sc3c(c12)CCCC3)C(=O)[O-]. The summed E-state index contributed by atoms with van der Waals surface area (Å²) in [6, 6.07) is -1.13. The normalized spacial score (nSPS) is 15.1. The molecule has 2 aromatic heterocycles. The molecule has 0 saturated heterocycles. The number of hydrogen-bond acceptors (Lipinski definition) is 8. The van der Waals surface area contributed by atoms with Crippen LogP contribution in [0.2, 0.25) is 0 Å². The van der Waals surface area contributed by atoms with Gasteiger partial charge in [-0.25, -0.2) is 9.97 Å². The van der Waals surface area contributed by atoms with Crippen LogP contribution in [-0.4, -0.2) is 27.9 Å². The Kier molecular flexibility index (Phi) is 4.42. The predicted octanol–water partition coefficient (Wildman–Crippen LogP) is -0.369. The fourth-order valence-corrected chi connectivity index (χ4v) is 4.10. The number of aryl methyl sites for hydroxylation is 2. The van der Waals surface area contributed by atoms with E-state index in [0.717, 1.165) is 35.9 Å². The van der Waals surface area contributed by atoms with Crippen molar-refractivity contribution in [1.82, 2.24) is 9.97 Å². The molecule has 1 N–H and O–H groups in total. The van der Waals surface area contributed by atoms with Crippen LogP contribution in [0, 0.1) is 0 Å². The van der Waals surface area contributed by atoms with E-state index in [-0.39, 0.29) is 12.8 Å². The van der Waals surface area contributed by atoms with Crippen LogP contribution < -0.4 is 15.5 Å². The Morgan fingerprint density at radius 3 is 2.78 bits per heavy atom. The lowest BCUT2D eigenvalue weighted by Gasteiger charge is -2.21. The van der Waals surface area contributed by atoms with Crippen molar-refractivity contribution in [2.24, 2.45) is 0 Å². The minimum absolute atomic E-state index is 0.123. The number of rotatable bonds is 6. The zero-order valence-electron chi connectivity index (χ0n) is 12.3. The van der Waals surface area contributed by atoms with Crippen molar-refractivity contribution in [3.05, 3.63) is 16.8 Å². The Balaban J connectivity index is 1.93. The van der Waals surface area contributed by atoms with Gasteiger partial charge in [0.05, 0.1) is 17.4 Å². The van der Waals surface area contributed by atoms with E-state index in [4.69, 9.17) is 0 Å². The van der Waals surface area contributed by atoms with Crippen LogP contribution in [-0.2, 0) is 22.4 Å². The van der Waals surface area contributed by atoms with E-state index >= 15 is 0 Å². The van der Waals surface area contributed by atoms with Crippen LogP contribution in [0.15, 0.2) is 6.33 Å². The van der Waals surface area contributed by atoms with E-state index in [0.29, 0.717) is 5.82 Å². The summed E-state index contributed by atoms with van der Waals surface area (Å²) in [6.45, 7) is 0. The van der Waals surface area contributed by atoms with Crippen molar-refractivity contribution >= 4 is 39.3 Å². The van der Waals surface area contributed by atoms with E-state index in [9.17, 15) is 19.8 Å². The summed E-state index contributed by atoms with van der Waals surface area (Å²) in [5, 5.41) is 25.5. The van der Waals surface area contributed by atoms with E-state index in [1.54, 1.807) is 11.3 Å². The van der Waals surface area contributed by atoms with E-state index < -0.39 is 18.0 Å². The lowest BCUT2D eigenvalue weighted by molar-refractivity contribution is -0.308. The zero-order chi connectivity index (χ0) is 16.4. The van der Waals surface area contributed by atoms with Gasteiger partial charge < -0.3 is 25.1 Å². The highest BCUT2D eigenvalue weighted by molar-refractivity contribution is 7.19. The topological polar surface area (TPSA) is 118 Å². The molecule has 0 spiro atoms. The van der Waals surface area contributed by atoms with Gasteiger partial charge in [0.1, 0.15) is 17.0 Å². The first-order chi connectivity index (χ1) is 11.1. The van der Waals surface area contributed by atoms with Gasteiger partial charge in [-0.05, 0) is 44.1 Å². The first-order valence-electron chi connectivity index (χ1n) is 7.48. The molecule has 3 rings (SSSR count). The van der Waals surface area contributed by atoms with Gasteiger partial charge in [0.25, 0.3) is 0 Å². The Labute approximate surface area is 136 Å². The van der Waals surface area contributed by atoms with Gasteiger partial charge in [0.15, 0.2) is 0 Å². The van der Waals surface area contributed by atoms with Gasteiger partial charge in [0.2, 0.25) is 0 Å². The van der Waals surface area contributed by atoms with Crippen LogP contribution in [0.5, 0.6) is 0 Å². The lowest BCUT2D eigenvalue weighted by atomic mass is 9.97. The molecule has 1 atom stereocenters. The van der Waals surface area contributed by atoms with Crippen molar-refractivity contribution in [3.8, 4) is 0 Å². The molecule has 23 heavy (non-hydrogen) atoms. The van der Waals surface area contributed by atoms with Crippen molar-refractivity contribution in [1.29, 1.82) is 0 Å². The quantitative estimate of drug-likeness (QED) is 0.766. The maximum absolute atomic E-state index is 11.3. The molecule has 8 heteroatoms. The number of anilines is 1. The van der Waals surface area contributed by atoms with Crippen LogP contribution >= 0.6 is 11.3 Å². The fourth-order valence-electron chi connectivity index (χ4n) is 2.88. The number of thiophene rings is 1. The zero-order valence-corrected chi connectivity index (χ0v) is 13.1. The molecule has 7 nitrogen and oxygen atoms in total. The molecule has 1 aliphatic rings. The highest BCUT2D eigenvalue weighted by atomic mass is 32.1. The largest absolute Gasteiger partial charge is 0.550 e. The van der Waals surface area contributed by atoms with Crippen LogP contribution in [0.1, 0.15) is 36.1 Å². The molecule has 0 radical (unpaired) electrons. The summed E-state index contributed by atoms with van der Waals surface area (Å²) in [4.78, 5) is 32.4. The number of carboxylic acid groups (broad SMARTS) is 2. The molecular weight excluding hydrogens is 318 g/mol. The average molecular weight is 333 g/mol. The van der Waals surface area contributed by atoms with Gasteiger partial charge in [0, 0.05) is 10.8 Å². The van der Waals surface area contributed by atoms with Crippen LogP contribution in [0.3, 0.4) is 0 Å². The molecule has 0 bridgehead atoms. The third kappa shape index (κ3) is 3.26. The third-order valence-electron chi connectivity index (χ3n) is 3.98. The lowest BCUT2D eigenvalue weighted by Crippen LogP contribution is -2.42. The Bertz CT molecular complexity index is 759. The first-order valence-corrected chi connectivity index (χ1v) is 8.30. The number of nitrogens with zero attached hydrogens (tertiary/aromatic N) is 2. The number of aromatic nitrogens is 2. The molecule has 2 heterocycles.